The number of hydrogen-bond acceptors (Lipinski definition) is 2. The predicted octanol–water partition coefficient (Wildman–Crippen LogP) is 4.52. The molecule has 0 bridgehead atoms. The molecule has 0 radical (unpaired) electrons. The Labute approximate surface area is 168 Å². The summed E-state index contributed by atoms with van der Waals surface area (Å²) >= 11 is 0. The van der Waals surface area contributed by atoms with Crippen molar-refractivity contribution < 1.29 is 9.18 Å². The second-order valence-electron chi connectivity index (χ2n) is 6.81. The number of benzene rings is 3. The zero-order valence-electron chi connectivity index (χ0n) is 15.8. The third kappa shape index (κ3) is 4.58. The standard InChI is InChI=1S/C24H20FN3O/c25-21-12-10-18(11-13-21)14-24(29)27-26-15-20-17-28(16-19-6-2-1-3-7-19)23-9-5-4-8-22(20)23/h1-13,15,17H,14,16H2,(H,27,29)/b26-15+. The van der Waals surface area contributed by atoms with Crippen molar-refractivity contribution in [3.8, 4) is 0 Å². The molecule has 29 heavy (non-hydrogen) atoms. The van der Waals surface area contributed by atoms with Gasteiger partial charge in [-0.05, 0) is 29.3 Å². The first kappa shape index (κ1) is 18.6. The number of halogens is 1. The lowest BCUT2D eigenvalue weighted by Crippen LogP contribution is -2.19. The topological polar surface area (TPSA) is 46.4 Å². The van der Waals surface area contributed by atoms with E-state index in [2.05, 4.69) is 33.3 Å². The van der Waals surface area contributed by atoms with E-state index in [0.29, 0.717) is 0 Å². The number of nitrogens with zero attached hydrogens (tertiary/aromatic N) is 2. The maximum absolute atomic E-state index is 13.0. The highest BCUT2D eigenvalue weighted by molar-refractivity contribution is 5.99. The number of rotatable bonds is 6. The molecule has 0 aliphatic carbocycles. The van der Waals surface area contributed by atoms with Crippen LogP contribution in [0.5, 0.6) is 0 Å². The van der Waals surface area contributed by atoms with Crippen molar-refractivity contribution in [1.82, 2.24) is 9.99 Å². The number of carbonyl (C=O) groups is 1. The molecule has 0 aliphatic heterocycles. The molecular formula is C24H20FN3O. The highest BCUT2D eigenvalue weighted by Crippen LogP contribution is 2.21. The van der Waals surface area contributed by atoms with Crippen LogP contribution in [0.4, 0.5) is 4.39 Å². The molecule has 0 spiro atoms. The second-order valence-corrected chi connectivity index (χ2v) is 6.81. The van der Waals surface area contributed by atoms with Gasteiger partial charge in [-0.1, -0.05) is 60.7 Å². The van der Waals surface area contributed by atoms with Gasteiger partial charge in [0, 0.05) is 29.2 Å². The van der Waals surface area contributed by atoms with Crippen molar-refractivity contribution in [3.63, 3.8) is 0 Å². The molecule has 0 aliphatic rings. The highest BCUT2D eigenvalue weighted by Gasteiger charge is 2.07. The van der Waals surface area contributed by atoms with Gasteiger partial charge in [-0.3, -0.25) is 4.79 Å². The van der Waals surface area contributed by atoms with E-state index in [1.807, 2.05) is 42.6 Å². The number of para-hydroxylation sites is 1. The van der Waals surface area contributed by atoms with Crippen molar-refractivity contribution in [3.05, 3.63) is 108 Å². The Hall–Kier alpha value is -3.73. The van der Waals surface area contributed by atoms with Gasteiger partial charge in [0.1, 0.15) is 5.82 Å². The molecule has 0 atom stereocenters. The molecule has 0 unspecified atom stereocenters. The van der Waals surface area contributed by atoms with E-state index in [-0.39, 0.29) is 18.1 Å². The maximum Gasteiger partial charge on any atom is 0.244 e. The van der Waals surface area contributed by atoms with Gasteiger partial charge in [-0.2, -0.15) is 5.10 Å². The largest absolute Gasteiger partial charge is 0.342 e. The summed E-state index contributed by atoms with van der Waals surface area (Å²) in [6, 6.07) is 24.2. The van der Waals surface area contributed by atoms with Gasteiger partial charge in [-0.25, -0.2) is 9.82 Å². The Morgan fingerprint density at radius 1 is 0.931 bits per heavy atom. The lowest BCUT2D eigenvalue weighted by atomic mass is 10.1. The normalized spacial score (nSPS) is 11.2. The molecule has 3 aromatic carbocycles. The number of carbonyl (C=O) groups excluding carboxylic acids is 1. The van der Waals surface area contributed by atoms with Gasteiger partial charge in [0.05, 0.1) is 12.6 Å². The smallest absolute Gasteiger partial charge is 0.244 e. The summed E-state index contributed by atoms with van der Waals surface area (Å²) in [5.74, 6) is -0.569. The van der Waals surface area contributed by atoms with Gasteiger partial charge >= 0.3 is 0 Å². The molecule has 5 heteroatoms. The van der Waals surface area contributed by atoms with E-state index in [4.69, 9.17) is 0 Å². The van der Waals surface area contributed by atoms with E-state index in [1.165, 1.54) is 17.7 Å². The second kappa shape index (κ2) is 8.52. The van der Waals surface area contributed by atoms with Crippen LogP contribution in [0.15, 0.2) is 90.2 Å². The maximum atomic E-state index is 13.0. The number of aromatic nitrogens is 1. The van der Waals surface area contributed by atoms with E-state index in [0.717, 1.165) is 28.6 Å². The van der Waals surface area contributed by atoms with E-state index in [9.17, 15) is 9.18 Å². The number of nitrogens with one attached hydrogen (secondary N) is 1. The minimum Gasteiger partial charge on any atom is -0.342 e. The number of hydrogen-bond donors (Lipinski definition) is 1. The lowest BCUT2D eigenvalue weighted by Gasteiger charge is -2.05. The molecule has 1 N–H and O–H groups in total. The zero-order chi connectivity index (χ0) is 20.1. The van der Waals surface area contributed by atoms with Gasteiger partial charge in [0.25, 0.3) is 0 Å². The van der Waals surface area contributed by atoms with Gasteiger partial charge in [-0.15, -0.1) is 0 Å². The van der Waals surface area contributed by atoms with Gasteiger partial charge in [0.15, 0.2) is 0 Å². The van der Waals surface area contributed by atoms with Crippen LogP contribution in [0.3, 0.4) is 0 Å². The fourth-order valence-electron chi connectivity index (χ4n) is 3.29. The summed E-state index contributed by atoms with van der Waals surface area (Å²) in [5.41, 5.74) is 6.53. The molecule has 4 aromatic rings. The summed E-state index contributed by atoms with van der Waals surface area (Å²) in [4.78, 5) is 12.1. The Bertz CT molecular complexity index is 1150. The van der Waals surface area contributed by atoms with E-state index >= 15 is 0 Å². The molecule has 144 valence electrons. The average Bonchev–Trinajstić information content (AvgIpc) is 3.08. The first-order chi connectivity index (χ1) is 14.2. The Balaban J connectivity index is 1.48. The fraction of sp³-hybridized carbons (Fsp3) is 0.0833. The van der Waals surface area contributed by atoms with Crippen molar-refractivity contribution in [2.75, 3.05) is 0 Å². The van der Waals surface area contributed by atoms with Crippen molar-refractivity contribution in [2.45, 2.75) is 13.0 Å². The summed E-state index contributed by atoms with van der Waals surface area (Å²) in [6.07, 6.45) is 3.84. The molecule has 1 aromatic heterocycles. The molecule has 1 heterocycles. The molecule has 0 saturated heterocycles. The molecule has 4 nitrogen and oxygen atoms in total. The van der Waals surface area contributed by atoms with Crippen molar-refractivity contribution in [2.24, 2.45) is 5.10 Å². The van der Waals surface area contributed by atoms with Crippen LogP contribution in [0, 0.1) is 5.82 Å². The Morgan fingerprint density at radius 2 is 1.66 bits per heavy atom. The van der Waals surface area contributed by atoms with Crippen molar-refractivity contribution >= 4 is 23.0 Å². The number of hydrazone groups is 1. The van der Waals surface area contributed by atoms with E-state index < -0.39 is 0 Å². The molecular weight excluding hydrogens is 365 g/mol. The third-order valence-corrected chi connectivity index (χ3v) is 4.69. The summed E-state index contributed by atoms with van der Waals surface area (Å²) in [7, 11) is 0. The SMILES string of the molecule is O=C(Cc1ccc(F)cc1)N/N=C/c1cn(Cc2ccccc2)c2ccccc12. The summed E-state index contributed by atoms with van der Waals surface area (Å²) in [5, 5.41) is 5.18. The lowest BCUT2D eigenvalue weighted by molar-refractivity contribution is -0.120. The van der Waals surface area contributed by atoms with Crippen LogP contribution in [-0.2, 0) is 17.8 Å². The highest BCUT2D eigenvalue weighted by atomic mass is 19.1. The van der Waals surface area contributed by atoms with Gasteiger partial charge in [0.2, 0.25) is 5.91 Å². The van der Waals surface area contributed by atoms with Gasteiger partial charge < -0.3 is 4.57 Å². The predicted molar refractivity (Wildman–Crippen MR) is 113 cm³/mol. The minimum atomic E-state index is -0.320. The van der Waals surface area contributed by atoms with Crippen LogP contribution >= 0.6 is 0 Å². The van der Waals surface area contributed by atoms with Crippen LogP contribution in [0.2, 0.25) is 0 Å². The summed E-state index contributed by atoms with van der Waals surface area (Å²) < 4.78 is 15.1. The van der Waals surface area contributed by atoms with Crippen LogP contribution in [0.1, 0.15) is 16.7 Å². The Morgan fingerprint density at radius 3 is 2.45 bits per heavy atom. The third-order valence-electron chi connectivity index (χ3n) is 4.69. The van der Waals surface area contributed by atoms with Crippen LogP contribution in [-0.4, -0.2) is 16.7 Å². The molecule has 4 rings (SSSR count). The minimum absolute atomic E-state index is 0.146. The molecule has 0 fully saturated rings. The molecule has 0 saturated carbocycles. The fourth-order valence-corrected chi connectivity index (χ4v) is 3.29. The van der Waals surface area contributed by atoms with Crippen LogP contribution in [0.25, 0.3) is 10.9 Å². The Kier molecular flexibility index (Phi) is 5.47. The first-order valence-corrected chi connectivity index (χ1v) is 9.37. The zero-order valence-corrected chi connectivity index (χ0v) is 15.8. The quantitative estimate of drug-likeness (QED) is 0.385. The van der Waals surface area contributed by atoms with Crippen LogP contribution < -0.4 is 5.43 Å². The summed E-state index contributed by atoms with van der Waals surface area (Å²) in [6.45, 7) is 0.756. The number of fused-ring (bicyclic) bond motifs is 1. The van der Waals surface area contributed by atoms with Crippen molar-refractivity contribution in [1.29, 1.82) is 0 Å². The average molecular weight is 385 g/mol. The van der Waals surface area contributed by atoms with E-state index in [1.54, 1.807) is 18.3 Å². The molecule has 1 amide bonds. The first-order valence-electron chi connectivity index (χ1n) is 9.37. The number of amides is 1. The monoisotopic (exact) mass is 385 g/mol.